The number of piperidine rings is 1. The van der Waals surface area contributed by atoms with E-state index in [1.165, 1.54) is 17.7 Å². The molecule has 1 saturated carbocycles. The van der Waals surface area contributed by atoms with Crippen LogP contribution >= 0.6 is 0 Å². The van der Waals surface area contributed by atoms with Crippen LogP contribution in [0.3, 0.4) is 0 Å². The summed E-state index contributed by atoms with van der Waals surface area (Å²) in [7, 11) is 1.53. The van der Waals surface area contributed by atoms with Gasteiger partial charge in [0, 0.05) is 31.4 Å². The Morgan fingerprint density at radius 3 is 2.53 bits per heavy atom. The second-order valence-corrected chi connectivity index (χ2v) is 9.11. The van der Waals surface area contributed by atoms with E-state index in [0.29, 0.717) is 17.8 Å². The summed E-state index contributed by atoms with van der Waals surface area (Å²) in [6, 6.07) is 7.23. The summed E-state index contributed by atoms with van der Waals surface area (Å²) in [6.07, 6.45) is -3.51. The van der Waals surface area contributed by atoms with Crippen LogP contribution in [-0.4, -0.2) is 33.7 Å². The number of carboxylic acids is 1. The zero-order valence-electron chi connectivity index (χ0n) is 18.6. The lowest BCUT2D eigenvalue weighted by Crippen LogP contribution is -2.32. The zero-order valence-corrected chi connectivity index (χ0v) is 18.6. The number of fused-ring (bicyclic) bond motifs is 2. The quantitative estimate of drug-likeness (QED) is 0.577. The lowest BCUT2D eigenvalue weighted by Gasteiger charge is -2.24. The van der Waals surface area contributed by atoms with Gasteiger partial charge in [-0.1, -0.05) is 12.1 Å². The van der Waals surface area contributed by atoms with Crippen molar-refractivity contribution >= 4 is 28.5 Å². The van der Waals surface area contributed by atoms with E-state index >= 15 is 0 Å². The van der Waals surface area contributed by atoms with Gasteiger partial charge in [0.15, 0.2) is 0 Å². The molecule has 3 aromatic rings. The molecule has 0 radical (unpaired) electrons. The molecule has 5 rings (SSSR count). The molecular formula is C24H23F3N4O3. The first-order chi connectivity index (χ1) is 16.0. The molecule has 0 bridgehead atoms. The Balaban J connectivity index is 1.66. The Morgan fingerprint density at radius 1 is 1.21 bits per heavy atom. The molecule has 10 heteroatoms. The van der Waals surface area contributed by atoms with Crippen LogP contribution in [0.1, 0.15) is 40.9 Å². The molecule has 1 aromatic heterocycles. The number of aromatic carboxylic acids is 1. The first kappa shape index (κ1) is 22.2. The normalized spacial score (nSPS) is 20.3. The van der Waals surface area contributed by atoms with Gasteiger partial charge in [-0.3, -0.25) is 9.36 Å². The first-order valence-electron chi connectivity index (χ1n) is 11.0. The fraction of sp³-hybridized carbons (Fsp3) is 0.375. The van der Waals surface area contributed by atoms with Gasteiger partial charge in [-0.2, -0.15) is 13.2 Å². The highest BCUT2D eigenvalue weighted by Crippen LogP contribution is 2.46. The number of halogens is 3. The molecule has 0 amide bonds. The summed E-state index contributed by atoms with van der Waals surface area (Å²) in [5, 5.41) is 12.4. The van der Waals surface area contributed by atoms with Crippen molar-refractivity contribution in [3.8, 4) is 0 Å². The van der Waals surface area contributed by atoms with E-state index in [1.807, 2.05) is 4.90 Å². The summed E-state index contributed by atoms with van der Waals surface area (Å²) in [4.78, 5) is 31.5. The third-order valence-electron chi connectivity index (χ3n) is 6.77. The van der Waals surface area contributed by atoms with Gasteiger partial charge < -0.3 is 15.3 Å². The van der Waals surface area contributed by atoms with E-state index in [2.05, 4.69) is 10.3 Å². The molecule has 1 aliphatic heterocycles. The molecule has 2 N–H and O–H groups in total. The number of carbonyl (C=O) groups is 1. The number of hydrogen-bond acceptors (Lipinski definition) is 5. The molecule has 2 aliphatic rings. The van der Waals surface area contributed by atoms with Crippen molar-refractivity contribution < 1.29 is 23.1 Å². The SMILES string of the molecule is CC(Nc1ccccc1C(=O)O)c1cc(C(F)(F)F)cc2c(=O)n(C)c(N3CC4CC4C3)nc12. The van der Waals surface area contributed by atoms with E-state index in [9.17, 15) is 27.9 Å². The molecule has 2 aromatic carbocycles. The summed E-state index contributed by atoms with van der Waals surface area (Å²) in [5.74, 6) is 0.426. The first-order valence-corrected chi connectivity index (χ1v) is 11.0. The lowest BCUT2D eigenvalue weighted by molar-refractivity contribution is -0.137. The zero-order chi connectivity index (χ0) is 24.4. The van der Waals surface area contributed by atoms with E-state index < -0.39 is 29.3 Å². The summed E-state index contributed by atoms with van der Waals surface area (Å²) in [5.41, 5.74) is -0.897. The van der Waals surface area contributed by atoms with E-state index in [0.717, 1.165) is 31.6 Å². The van der Waals surface area contributed by atoms with Crippen LogP contribution < -0.4 is 15.8 Å². The summed E-state index contributed by atoms with van der Waals surface area (Å²) >= 11 is 0. The number of para-hydroxylation sites is 1. The molecule has 2 fully saturated rings. The molecule has 34 heavy (non-hydrogen) atoms. The van der Waals surface area contributed by atoms with Crippen molar-refractivity contribution in [2.45, 2.75) is 25.6 Å². The van der Waals surface area contributed by atoms with Crippen molar-refractivity contribution in [2.75, 3.05) is 23.3 Å². The number of benzene rings is 2. The summed E-state index contributed by atoms with van der Waals surface area (Å²) < 4.78 is 42.5. The Bertz CT molecular complexity index is 1360. The van der Waals surface area contributed by atoms with Crippen LogP contribution in [0.15, 0.2) is 41.2 Å². The van der Waals surface area contributed by atoms with Crippen LogP contribution in [0.2, 0.25) is 0 Å². The van der Waals surface area contributed by atoms with Gasteiger partial charge in [0.25, 0.3) is 5.56 Å². The predicted molar refractivity (Wildman–Crippen MR) is 121 cm³/mol. The van der Waals surface area contributed by atoms with Gasteiger partial charge in [0.05, 0.1) is 28.1 Å². The molecule has 1 saturated heterocycles. The molecule has 0 spiro atoms. The van der Waals surface area contributed by atoms with Gasteiger partial charge >= 0.3 is 12.1 Å². The average Bonchev–Trinajstić information content (AvgIpc) is 3.39. The number of aromatic nitrogens is 2. The largest absolute Gasteiger partial charge is 0.478 e. The van der Waals surface area contributed by atoms with Crippen molar-refractivity contribution in [3.05, 3.63) is 63.4 Å². The lowest BCUT2D eigenvalue weighted by atomic mass is 9.99. The minimum atomic E-state index is -4.67. The maximum Gasteiger partial charge on any atom is 0.416 e. The minimum Gasteiger partial charge on any atom is -0.478 e. The van der Waals surface area contributed by atoms with E-state index in [4.69, 9.17) is 0 Å². The Labute approximate surface area is 192 Å². The standard InChI is InChI=1S/C24H23F3N4O3/c1-12(28-19-6-4-3-5-16(19)22(33)34)17-8-15(24(25,26)27)9-18-20(17)29-23(30(2)21(18)32)31-10-13-7-14(13)11-31/h3-6,8-9,12-14,28H,7,10-11H2,1-2H3,(H,33,34). The fourth-order valence-electron chi connectivity index (χ4n) is 4.84. The number of carboxylic acid groups (broad SMARTS) is 1. The Hall–Kier alpha value is -3.56. The highest BCUT2D eigenvalue weighted by molar-refractivity contribution is 5.94. The van der Waals surface area contributed by atoms with Gasteiger partial charge in [-0.05, 0) is 49.4 Å². The maximum absolute atomic E-state index is 13.7. The average molecular weight is 472 g/mol. The van der Waals surface area contributed by atoms with Gasteiger partial charge in [-0.25, -0.2) is 9.78 Å². The molecule has 178 valence electrons. The van der Waals surface area contributed by atoms with Crippen molar-refractivity contribution in [1.29, 1.82) is 0 Å². The van der Waals surface area contributed by atoms with Crippen molar-refractivity contribution in [1.82, 2.24) is 9.55 Å². The molecule has 3 unspecified atom stereocenters. The molecule has 3 atom stereocenters. The van der Waals surface area contributed by atoms with Crippen LogP contribution in [0, 0.1) is 11.8 Å². The van der Waals surface area contributed by atoms with Crippen LogP contribution in [0.5, 0.6) is 0 Å². The second kappa shape index (κ2) is 7.75. The highest BCUT2D eigenvalue weighted by Gasteiger charge is 2.46. The van der Waals surface area contributed by atoms with Crippen LogP contribution in [0.4, 0.5) is 24.8 Å². The summed E-state index contributed by atoms with van der Waals surface area (Å²) in [6.45, 7) is 3.16. The van der Waals surface area contributed by atoms with Gasteiger partial charge in [-0.15, -0.1) is 0 Å². The fourth-order valence-corrected chi connectivity index (χ4v) is 4.84. The minimum absolute atomic E-state index is 0.00788. The van der Waals surface area contributed by atoms with Crippen LogP contribution in [0.25, 0.3) is 10.9 Å². The third kappa shape index (κ3) is 3.76. The predicted octanol–water partition coefficient (Wildman–Crippen LogP) is 4.28. The van der Waals surface area contributed by atoms with E-state index in [-0.39, 0.29) is 27.7 Å². The molecule has 1 aliphatic carbocycles. The number of anilines is 2. The van der Waals surface area contributed by atoms with Crippen LogP contribution in [-0.2, 0) is 13.2 Å². The number of nitrogens with one attached hydrogen (secondary N) is 1. The number of alkyl halides is 3. The number of rotatable bonds is 5. The Morgan fingerprint density at radius 2 is 1.88 bits per heavy atom. The smallest absolute Gasteiger partial charge is 0.416 e. The molecule has 2 heterocycles. The topological polar surface area (TPSA) is 87.5 Å². The van der Waals surface area contributed by atoms with Crippen molar-refractivity contribution in [3.63, 3.8) is 0 Å². The van der Waals surface area contributed by atoms with Gasteiger partial charge in [0.2, 0.25) is 5.95 Å². The van der Waals surface area contributed by atoms with E-state index in [1.54, 1.807) is 25.1 Å². The van der Waals surface area contributed by atoms with Crippen molar-refractivity contribution in [2.24, 2.45) is 18.9 Å². The molecule has 7 nitrogen and oxygen atoms in total. The number of hydrogen-bond donors (Lipinski definition) is 2. The number of nitrogens with zero attached hydrogens (tertiary/aromatic N) is 3. The van der Waals surface area contributed by atoms with Gasteiger partial charge in [0.1, 0.15) is 0 Å². The second-order valence-electron chi connectivity index (χ2n) is 9.11. The third-order valence-corrected chi connectivity index (χ3v) is 6.77. The molecular weight excluding hydrogens is 449 g/mol. The monoisotopic (exact) mass is 472 g/mol. The Kier molecular flexibility index (Phi) is 5.07. The highest BCUT2D eigenvalue weighted by atomic mass is 19.4. The maximum atomic E-state index is 13.7.